The molecule has 0 aromatic rings. The molecular weight excluding hydrogens is 772 g/mol. The van der Waals surface area contributed by atoms with Crippen LogP contribution in [0.4, 0.5) is 0 Å². The lowest BCUT2D eigenvalue weighted by Crippen LogP contribution is -2.60. The van der Waals surface area contributed by atoms with Gasteiger partial charge in [0.05, 0.1) is 24.9 Å². The maximum Gasteiger partial charge on any atom is 0.333 e. The zero-order chi connectivity index (χ0) is 45.5. The Bertz CT molecular complexity index is 1350. The number of rotatable bonds is 25. The summed E-state index contributed by atoms with van der Waals surface area (Å²) in [6, 6.07) is 0. The fourth-order valence-corrected chi connectivity index (χ4v) is 7.55. The smallest absolute Gasteiger partial charge is 0.333 e. The Hall–Kier alpha value is -2.32. The van der Waals surface area contributed by atoms with Crippen molar-refractivity contribution in [3.05, 3.63) is 34.9 Å². The lowest BCUT2D eigenvalue weighted by Gasteiger charge is -2.43. The molecule has 0 amide bonds. The average Bonchev–Trinajstić information content (AvgIpc) is 3.18. The van der Waals surface area contributed by atoms with E-state index in [0.717, 1.165) is 19.3 Å². The van der Waals surface area contributed by atoms with Gasteiger partial charge in [-0.25, -0.2) is 4.79 Å². The van der Waals surface area contributed by atoms with Gasteiger partial charge in [0.1, 0.15) is 62.0 Å². The van der Waals surface area contributed by atoms with Gasteiger partial charge in [0.2, 0.25) is 0 Å². The van der Waals surface area contributed by atoms with Gasteiger partial charge in [-0.1, -0.05) is 73.1 Å². The Morgan fingerprint density at radius 1 is 0.678 bits per heavy atom. The molecular formula is C43H76O16. The van der Waals surface area contributed by atoms with Crippen molar-refractivity contribution in [1.29, 1.82) is 0 Å². The molecule has 1 heterocycles. The van der Waals surface area contributed by atoms with Crippen LogP contribution >= 0.6 is 0 Å². The van der Waals surface area contributed by atoms with Gasteiger partial charge in [-0.3, -0.25) is 4.79 Å². The zero-order valence-corrected chi connectivity index (χ0v) is 36.8. The highest BCUT2D eigenvalue weighted by Gasteiger charge is 2.46. The molecule has 1 saturated heterocycles. The lowest BCUT2D eigenvalue weighted by molar-refractivity contribution is -0.317. The quantitative estimate of drug-likeness (QED) is 0.0352. The Labute approximate surface area is 350 Å². The molecule has 16 nitrogen and oxygen atoms in total. The van der Waals surface area contributed by atoms with E-state index in [0.29, 0.717) is 23.0 Å². The molecule has 0 aromatic carbocycles. The number of hydrogen-bond donors (Lipinski definition) is 10. The third kappa shape index (κ3) is 17.5. The summed E-state index contributed by atoms with van der Waals surface area (Å²) in [7, 11) is 0. The van der Waals surface area contributed by atoms with Crippen molar-refractivity contribution in [3.63, 3.8) is 0 Å². The van der Waals surface area contributed by atoms with Gasteiger partial charge in [-0.15, -0.1) is 0 Å². The Morgan fingerprint density at radius 3 is 1.73 bits per heavy atom. The molecule has 5 unspecified atom stereocenters. The van der Waals surface area contributed by atoms with Crippen LogP contribution in [0.5, 0.6) is 0 Å². The van der Waals surface area contributed by atoms with Crippen molar-refractivity contribution in [2.75, 3.05) is 19.8 Å². The molecule has 0 bridgehead atoms. The van der Waals surface area contributed by atoms with E-state index >= 15 is 0 Å². The molecule has 344 valence electrons. The van der Waals surface area contributed by atoms with Gasteiger partial charge in [-0.05, 0) is 62.5 Å². The standard InChI is InChI=1S/C43H76O16/c1-12-21(2)13-22(3)14-27(8)41(59-43-40(54)39(53)38(52)33(58-43)20-56-30(11)45)28(9)16-25(6)34(48)23(4)15-24(5)35(49)26(7)17-29(10)42(55)57-19-32(47)37(51)36(50)31(46)18-44/h15-17,21-23,26-28,31-41,43-44,46-54H,12-14,18-20H2,1-11H3/b24-15+,25-16+,29-17+/t21-,22-,23-,26-,27-,28-,31+,32+,33?,34-,35+,36+,37+,38?,39?,40?,41+,43?/m0/s1. The molecule has 10 N–H and O–H groups in total. The zero-order valence-electron chi connectivity index (χ0n) is 36.8. The van der Waals surface area contributed by atoms with Crippen LogP contribution in [0.25, 0.3) is 0 Å². The molecule has 1 fully saturated rings. The van der Waals surface area contributed by atoms with Gasteiger partial charge in [-0.2, -0.15) is 0 Å². The van der Waals surface area contributed by atoms with Gasteiger partial charge >= 0.3 is 11.9 Å². The molecule has 18 atom stereocenters. The van der Waals surface area contributed by atoms with Crippen molar-refractivity contribution < 1.29 is 79.6 Å². The van der Waals surface area contributed by atoms with Crippen LogP contribution in [0.2, 0.25) is 0 Å². The molecule has 0 aromatic heterocycles. The minimum atomic E-state index is -1.89. The number of ether oxygens (including phenoxy) is 4. The first-order valence-corrected chi connectivity index (χ1v) is 20.8. The summed E-state index contributed by atoms with van der Waals surface area (Å²) in [5, 5.41) is 103. The lowest BCUT2D eigenvalue weighted by atomic mass is 9.82. The average molecular weight is 849 g/mol. The summed E-state index contributed by atoms with van der Waals surface area (Å²) >= 11 is 0. The second-order valence-electron chi connectivity index (χ2n) is 17.0. The van der Waals surface area contributed by atoms with Crippen molar-refractivity contribution in [3.8, 4) is 0 Å². The molecule has 0 saturated carbocycles. The normalized spacial score (nSPS) is 27.5. The fraction of sp³-hybridized carbons (Fsp3) is 0.814. The number of hydrogen-bond acceptors (Lipinski definition) is 16. The first kappa shape index (κ1) is 54.7. The topological polar surface area (TPSA) is 273 Å². The van der Waals surface area contributed by atoms with Crippen LogP contribution in [-0.4, -0.2) is 156 Å². The largest absolute Gasteiger partial charge is 0.463 e. The van der Waals surface area contributed by atoms with E-state index in [2.05, 4.69) is 20.8 Å². The Kier molecular flexibility index (Phi) is 24.3. The summed E-state index contributed by atoms with van der Waals surface area (Å²) in [6.07, 6.45) is -9.18. The van der Waals surface area contributed by atoms with Crippen molar-refractivity contribution in [1.82, 2.24) is 0 Å². The molecule has 0 aliphatic carbocycles. The number of carbonyl (C=O) groups is 2. The summed E-state index contributed by atoms with van der Waals surface area (Å²) in [5.41, 5.74) is 1.23. The highest BCUT2D eigenvalue weighted by molar-refractivity contribution is 5.87. The SMILES string of the molecule is CC[C@H](C)C[C@H](C)C[C@H](C)[C@@H](OC1OC(COC(C)=O)C(O)C(O)C1O)[C@@H](C)/C=C(\C)[C@@H](O)[C@@H](C)/C=C(\C)[C@@H](O)[C@@H](C)/C=C(\C)C(=O)OC[C@@H](O)[C@@H](O)[C@H](O)[C@H](O)CO. The van der Waals surface area contributed by atoms with E-state index < -0.39 is 110 Å². The van der Waals surface area contributed by atoms with Gasteiger partial charge in [0.15, 0.2) is 6.29 Å². The first-order valence-electron chi connectivity index (χ1n) is 20.8. The van der Waals surface area contributed by atoms with Gasteiger partial charge in [0, 0.05) is 30.3 Å². The highest BCUT2D eigenvalue weighted by Crippen LogP contribution is 2.33. The van der Waals surface area contributed by atoms with Crippen molar-refractivity contribution >= 4 is 11.9 Å². The van der Waals surface area contributed by atoms with Gasteiger partial charge in [0.25, 0.3) is 0 Å². The molecule has 0 spiro atoms. The Balaban J connectivity index is 3.18. The molecule has 1 rings (SSSR count). The predicted molar refractivity (Wildman–Crippen MR) is 218 cm³/mol. The van der Waals surface area contributed by atoms with E-state index in [-0.39, 0.29) is 24.0 Å². The van der Waals surface area contributed by atoms with Gasteiger partial charge < -0.3 is 70.0 Å². The van der Waals surface area contributed by atoms with Crippen LogP contribution in [-0.2, 0) is 28.5 Å². The molecule has 16 heteroatoms. The Morgan fingerprint density at radius 2 is 1.20 bits per heavy atom. The predicted octanol–water partition coefficient (Wildman–Crippen LogP) is 1.29. The minimum Gasteiger partial charge on any atom is -0.463 e. The summed E-state index contributed by atoms with van der Waals surface area (Å²) < 4.78 is 22.4. The van der Waals surface area contributed by atoms with Crippen LogP contribution < -0.4 is 0 Å². The van der Waals surface area contributed by atoms with Crippen molar-refractivity contribution in [2.45, 2.75) is 169 Å². The van der Waals surface area contributed by atoms with E-state index in [1.807, 2.05) is 19.9 Å². The summed E-state index contributed by atoms with van der Waals surface area (Å²) in [5.74, 6) is -2.10. The van der Waals surface area contributed by atoms with E-state index in [1.165, 1.54) is 19.9 Å². The molecule has 59 heavy (non-hydrogen) atoms. The van der Waals surface area contributed by atoms with Crippen LogP contribution in [0.1, 0.15) is 95.4 Å². The third-order valence-electron chi connectivity index (χ3n) is 11.3. The first-order chi connectivity index (χ1) is 27.4. The second-order valence-corrected chi connectivity index (χ2v) is 17.0. The van der Waals surface area contributed by atoms with Crippen LogP contribution in [0, 0.1) is 35.5 Å². The summed E-state index contributed by atoms with van der Waals surface area (Å²) in [4.78, 5) is 24.0. The van der Waals surface area contributed by atoms with Crippen LogP contribution in [0.15, 0.2) is 34.9 Å². The monoisotopic (exact) mass is 849 g/mol. The maximum atomic E-state index is 12.6. The number of aliphatic hydroxyl groups is 10. The van der Waals surface area contributed by atoms with E-state index in [9.17, 15) is 55.5 Å². The molecule has 1 aliphatic heterocycles. The number of carbonyl (C=O) groups excluding carboxylic acids is 2. The minimum absolute atomic E-state index is 0.0857. The van der Waals surface area contributed by atoms with Crippen LogP contribution in [0.3, 0.4) is 0 Å². The fourth-order valence-electron chi connectivity index (χ4n) is 7.55. The van der Waals surface area contributed by atoms with E-state index in [4.69, 9.17) is 24.1 Å². The number of esters is 2. The third-order valence-corrected chi connectivity index (χ3v) is 11.3. The molecule has 1 aliphatic rings. The van der Waals surface area contributed by atoms with E-state index in [1.54, 1.807) is 33.8 Å². The second kappa shape index (κ2) is 26.2. The maximum absolute atomic E-state index is 12.6. The highest BCUT2D eigenvalue weighted by atomic mass is 16.7. The number of aliphatic hydroxyl groups excluding tert-OH is 10. The molecule has 0 radical (unpaired) electrons. The van der Waals surface area contributed by atoms with Crippen molar-refractivity contribution in [2.24, 2.45) is 35.5 Å². The summed E-state index contributed by atoms with van der Waals surface area (Å²) in [6.45, 7) is 18.1.